The van der Waals surface area contributed by atoms with E-state index >= 15 is 0 Å². The molecule has 1 saturated heterocycles. The van der Waals surface area contributed by atoms with Crippen molar-refractivity contribution in [3.63, 3.8) is 0 Å². The molecule has 3 atom stereocenters. The number of ether oxygens (including phenoxy) is 3. The maximum Gasteiger partial charge on any atom is 0.413 e. The van der Waals surface area contributed by atoms with Crippen molar-refractivity contribution in [1.82, 2.24) is 4.90 Å². The summed E-state index contributed by atoms with van der Waals surface area (Å²) >= 11 is 0. The van der Waals surface area contributed by atoms with Crippen molar-refractivity contribution in [2.24, 2.45) is 5.92 Å². The summed E-state index contributed by atoms with van der Waals surface area (Å²) in [5.74, 6) is 1.12. The molecule has 7 nitrogen and oxygen atoms in total. The summed E-state index contributed by atoms with van der Waals surface area (Å²) in [6.45, 7) is 6.39. The highest BCUT2D eigenvalue weighted by Gasteiger charge is 2.50. The van der Waals surface area contributed by atoms with Crippen LogP contribution in [0.25, 0.3) is 0 Å². The molecular formula is C17H25NO6. The fourth-order valence-corrected chi connectivity index (χ4v) is 2.67. The van der Waals surface area contributed by atoms with Crippen molar-refractivity contribution in [3.05, 3.63) is 0 Å². The van der Waals surface area contributed by atoms with Gasteiger partial charge in [-0.2, -0.15) is 0 Å². The molecule has 1 unspecified atom stereocenters. The second-order valence-electron chi connectivity index (χ2n) is 6.67. The SMILES string of the molecule is C#CCC[C@H]1C[C@@H](C(=O)OC)N(C(=O)OC(C)(C)C)C1OC(C)=O. The van der Waals surface area contributed by atoms with Gasteiger partial charge in [-0.3, -0.25) is 9.69 Å². The molecule has 1 rings (SSSR count). The number of hydrogen-bond donors (Lipinski definition) is 0. The Kier molecular flexibility index (Phi) is 6.64. The van der Waals surface area contributed by atoms with Crippen molar-refractivity contribution in [1.29, 1.82) is 0 Å². The number of carbonyl (C=O) groups excluding carboxylic acids is 3. The lowest BCUT2D eigenvalue weighted by Crippen LogP contribution is -2.49. The van der Waals surface area contributed by atoms with E-state index in [1.165, 1.54) is 14.0 Å². The Labute approximate surface area is 142 Å². The van der Waals surface area contributed by atoms with Gasteiger partial charge in [-0.25, -0.2) is 9.59 Å². The molecule has 24 heavy (non-hydrogen) atoms. The first-order valence-electron chi connectivity index (χ1n) is 7.80. The predicted octanol–water partition coefficient (Wildman–Crippen LogP) is 2.09. The molecule has 1 amide bonds. The highest BCUT2D eigenvalue weighted by molar-refractivity contribution is 5.82. The second-order valence-corrected chi connectivity index (χ2v) is 6.67. The van der Waals surface area contributed by atoms with Crippen LogP contribution in [0.15, 0.2) is 0 Å². The molecule has 0 saturated carbocycles. The zero-order valence-electron chi connectivity index (χ0n) is 14.8. The smallest absolute Gasteiger partial charge is 0.413 e. The number of terminal acetylenes is 1. The van der Waals surface area contributed by atoms with Gasteiger partial charge in [0.05, 0.1) is 7.11 Å². The number of nitrogens with zero attached hydrogens (tertiary/aromatic N) is 1. The van der Waals surface area contributed by atoms with Gasteiger partial charge in [-0.05, 0) is 33.6 Å². The van der Waals surface area contributed by atoms with Crippen LogP contribution in [0.4, 0.5) is 4.79 Å². The summed E-state index contributed by atoms with van der Waals surface area (Å²) in [6.07, 6.45) is 4.92. The van der Waals surface area contributed by atoms with Gasteiger partial charge in [0.15, 0.2) is 6.23 Å². The van der Waals surface area contributed by atoms with Gasteiger partial charge in [0.2, 0.25) is 0 Å². The monoisotopic (exact) mass is 339 g/mol. The van der Waals surface area contributed by atoms with Crippen LogP contribution in [0.1, 0.15) is 47.0 Å². The van der Waals surface area contributed by atoms with Crippen molar-refractivity contribution in [2.75, 3.05) is 7.11 Å². The number of hydrogen-bond acceptors (Lipinski definition) is 6. The van der Waals surface area contributed by atoms with Gasteiger partial charge in [0.1, 0.15) is 11.6 Å². The Morgan fingerprint density at radius 1 is 1.29 bits per heavy atom. The topological polar surface area (TPSA) is 82.1 Å². The molecule has 134 valence electrons. The van der Waals surface area contributed by atoms with Crippen molar-refractivity contribution < 1.29 is 28.6 Å². The van der Waals surface area contributed by atoms with Crippen LogP contribution in [0, 0.1) is 18.3 Å². The summed E-state index contributed by atoms with van der Waals surface area (Å²) in [6, 6.07) is -0.878. The zero-order valence-corrected chi connectivity index (χ0v) is 14.8. The van der Waals surface area contributed by atoms with Crippen molar-refractivity contribution >= 4 is 18.0 Å². The second kappa shape index (κ2) is 8.04. The number of carbonyl (C=O) groups is 3. The van der Waals surface area contributed by atoms with Gasteiger partial charge in [-0.1, -0.05) is 0 Å². The molecule has 0 aromatic heterocycles. The van der Waals surface area contributed by atoms with E-state index in [-0.39, 0.29) is 5.92 Å². The largest absolute Gasteiger partial charge is 0.467 e. The van der Waals surface area contributed by atoms with Crippen LogP contribution in [-0.4, -0.2) is 47.9 Å². The standard InChI is InChI=1S/C17H25NO6/c1-7-8-9-12-10-13(15(20)22-6)18(14(12)23-11(2)19)16(21)24-17(3,4)5/h1,12-14H,8-10H2,2-6H3/t12-,13-,14?/m0/s1. The molecule has 0 radical (unpaired) electrons. The summed E-state index contributed by atoms with van der Waals surface area (Å²) in [4.78, 5) is 37.3. The van der Waals surface area contributed by atoms with Crippen LogP contribution in [-0.2, 0) is 23.8 Å². The molecule has 7 heteroatoms. The Bertz CT molecular complexity index is 530. The molecule has 1 aliphatic heterocycles. The Morgan fingerprint density at radius 2 is 1.92 bits per heavy atom. The summed E-state index contributed by atoms with van der Waals surface area (Å²) in [5.41, 5.74) is -0.755. The Morgan fingerprint density at radius 3 is 2.38 bits per heavy atom. The number of rotatable bonds is 4. The molecule has 0 spiro atoms. The molecule has 1 heterocycles. The lowest BCUT2D eigenvalue weighted by Gasteiger charge is -2.31. The fourth-order valence-electron chi connectivity index (χ4n) is 2.67. The van der Waals surface area contributed by atoms with E-state index in [9.17, 15) is 14.4 Å². The minimum Gasteiger partial charge on any atom is -0.467 e. The molecule has 1 aliphatic rings. The maximum atomic E-state index is 12.6. The van der Waals surface area contributed by atoms with Crippen molar-refractivity contribution in [2.45, 2.75) is 64.8 Å². The van der Waals surface area contributed by atoms with E-state index in [1.807, 2.05) is 0 Å². The normalized spacial score (nSPS) is 23.3. The third kappa shape index (κ3) is 5.15. The Balaban J connectivity index is 3.14. The lowest BCUT2D eigenvalue weighted by molar-refractivity contribution is -0.161. The van der Waals surface area contributed by atoms with Gasteiger partial charge in [0.25, 0.3) is 0 Å². The number of methoxy groups -OCH3 is 1. The maximum absolute atomic E-state index is 12.6. The van der Waals surface area contributed by atoms with Crippen LogP contribution >= 0.6 is 0 Å². The van der Waals surface area contributed by atoms with Gasteiger partial charge < -0.3 is 14.2 Å². The van der Waals surface area contributed by atoms with E-state index in [0.29, 0.717) is 19.3 Å². The molecule has 0 bridgehead atoms. The zero-order chi connectivity index (χ0) is 18.5. The summed E-state index contributed by atoms with van der Waals surface area (Å²) in [5, 5.41) is 0. The summed E-state index contributed by atoms with van der Waals surface area (Å²) < 4.78 is 15.4. The van der Waals surface area contributed by atoms with Crippen molar-refractivity contribution in [3.8, 4) is 12.3 Å². The van der Waals surface area contributed by atoms with Crippen LogP contribution in [0.5, 0.6) is 0 Å². The predicted molar refractivity (Wildman–Crippen MR) is 85.6 cm³/mol. The number of likely N-dealkylation sites (tertiary alicyclic amines) is 1. The Hall–Kier alpha value is -2.23. The van der Waals surface area contributed by atoms with Gasteiger partial charge >= 0.3 is 18.0 Å². The summed E-state index contributed by atoms with van der Waals surface area (Å²) in [7, 11) is 1.24. The van der Waals surface area contributed by atoms with Crippen LogP contribution in [0.3, 0.4) is 0 Å². The molecule has 0 aromatic rings. The molecule has 0 aliphatic carbocycles. The van der Waals surface area contributed by atoms with Crippen LogP contribution in [0.2, 0.25) is 0 Å². The minimum absolute atomic E-state index is 0.262. The molecule has 1 fully saturated rings. The first kappa shape index (κ1) is 19.8. The average Bonchev–Trinajstić information content (AvgIpc) is 2.80. The van der Waals surface area contributed by atoms with E-state index in [0.717, 1.165) is 4.90 Å². The quantitative estimate of drug-likeness (QED) is 0.443. The third-order valence-electron chi connectivity index (χ3n) is 3.56. The lowest BCUT2D eigenvalue weighted by atomic mass is 9.99. The van der Waals surface area contributed by atoms with E-state index in [1.54, 1.807) is 20.8 Å². The average molecular weight is 339 g/mol. The first-order chi connectivity index (χ1) is 11.1. The molecule has 0 N–H and O–H groups in total. The van der Waals surface area contributed by atoms with E-state index in [4.69, 9.17) is 20.6 Å². The number of esters is 2. The fraction of sp³-hybridized carbons (Fsp3) is 0.706. The molecule has 0 aromatic carbocycles. The molecular weight excluding hydrogens is 314 g/mol. The minimum atomic E-state index is -0.908. The van der Waals surface area contributed by atoms with E-state index in [2.05, 4.69) is 5.92 Å². The highest BCUT2D eigenvalue weighted by atomic mass is 16.6. The van der Waals surface area contributed by atoms with E-state index < -0.39 is 35.9 Å². The van der Waals surface area contributed by atoms with Crippen LogP contribution < -0.4 is 0 Å². The highest BCUT2D eigenvalue weighted by Crippen LogP contribution is 2.35. The third-order valence-corrected chi connectivity index (χ3v) is 3.56. The number of amides is 1. The first-order valence-corrected chi connectivity index (χ1v) is 7.80. The van der Waals surface area contributed by atoms with Gasteiger partial charge in [-0.15, -0.1) is 12.3 Å². The van der Waals surface area contributed by atoms with Gasteiger partial charge in [0, 0.05) is 19.3 Å².